The molecule has 98 valence electrons. The van der Waals surface area contributed by atoms with Crippen molar-refractivity contribution in [3.63, 3.8) is 0 Å². The van der Waals surface area contributed by atoms with Crippen LogP contribution in [0, 0.1) is 10.5 Å². The molecule has 0 bridgehead atoms. The summed E-state index contributed by atoms with van der Waals surface area (Å²) in [5.74, 6) is -0.127. The van der Waals surface area contributed by atoms with Crippen LogP contribution in [0.2, 0.25) is 5.02 Å². The molecular formula is C14H12ClIN2O. The monoisotopic (exact) mass is 386 g/mol. The zero-order valence-corrected chi connectivity index (χ0v) is 13.2. The summed E-state index contributed by atoms with van der Waals surface area (Å²) in [6.45, 7) is 2.34. The summed E-state index contributed by atoms with van der Waals surface area (Å²) in [6, 6.07) is 10.9. The summed E-state index contributed by atoms with van der Waals surface area (Å²) >= 11 is 8.03. The van der Waals surface area contributed by atoms with Gasteiger partial charge in [-0.25, -0.2) is 0 Å². The molecule has 0 fully saturated rings. The average molecular weight is 387 g/mol. The van der Waals surface area contributed by atoms with Crippen LogP contribution in [-0.2, 0) is 6.54 Å². The van der Waals surface area contributed by atoms with Crippen molar-refractivity contribution in [3.8, 4) is 0 Å². The van der Waals surface area contributed by atoms with Crippen molar-refractivity contribution in [3.05, 3.63) is 61.9 Å². The van der Waals surface area contributed by atoms with E-state index in [1.54, 1.807) is 18.2 Å². The first-order chi connectivity index (χ1) is 9.06. The van der Waals surface area contributed by atoms with E-state index in [9.17, 15) is 4.79 Å². The smallest absolute Gasteiger partial charge is 0.251 e. The van der Waals surface area contributed by atoms with E-state index in [0.717, 1.165) is 15.0 Å². The summed E-state index contributed by atoms with van der Waals surface area (Å²) < 4.78 is 0.862. The van der Waals surface area contributed by atoms with Crippen molar-refractivity contribution in [2.75, 3.05) is 0 Å². The Morgan fingerprint density at radius 3 is 2.84 bits per heavy atom. The highest BCUT2D eigenvalue weighted by Gasteiger charge is 2.07. The van der Waals surface area contributed by atoms with E-state index in [1.165, 1.54) is 0 Å². The number of hydrogen-bond donors (Lipinski definition) is 1. The second-order valence-corrected chi connectivity index (χ2v) is 5.65. The van der Waals surface area contributed by atoms with Gasteiger partial charge in [-0.05, 0) is 59.8 Å². The van der Waals surface area contributed by atoms with Crippen molar-refractivity contribution < 1.29 is 4.79 Å². The van der Waals surface area contributed by atoms with E-state index in [-0.39, 0.29) is 5.91 Å². The van der Waals surface area contributed by atoms with Crippen LogP contribution in [0.15, 0.2) is 36.4 Å². The highest BCUT2D eigenvalue weighted by molar-refractivity contribution is 14.1. The Labute approximate surface area is 130 Å². The minimum atomic E-state index is -0.127. The predicted molar refractivity (Wildman–Crippen MR) is 84.3 cm³/mol. The molecule has 1 amide bonds. The van der Waals surface area contributed by atoms with Crippen LogP contribution in [0.4, 0.5) is 0 Å². The lowest BCUT2D eigenvalue weighted by atomic mass is 10.2. The summed E-state index contributed by atoms with van der Waals surface area (Å²) in [5, 5.41) is 3.49. The Morgan fingerprint density at radius 1 is 1.37 bits per heavy atom. The Bertz CT molecular complexity index is 616. The van der Waals surface area contributed by atoms with Crippen molar-refractivity contribution in [2.45, 2.75) is 13.5 Å². The van der Waals surface area contributed by atoms with E-state index in [0.29, 0.717) is 17.1 Å². The van der Waals surface area contributed by atoms with Gasteiger partial charge in [-0.3, -0.25) is 9.78 Å². The summed E-state index contributed by atoms with van der Waals surface area (Å²) in [7, 11) is 0. The number of aromatic nitrogens is 1. The number of nitrogens with zero attached hydrogens (tertiary/aromatic N) is 1. The molecule has 0 aliphatic carbocycles. The van der Waals surface area contributed by atoms with Gasteiger partial charge in [0.2, 0.25) is 0 Å². The van der Waals surface area contributed by atoms with Gasteiger partial charge in [0.1, 0.15) is 0 Å². The summed E-state index contributed by atoms with van der Waals surface area (Å²) in [5.41, 5.74) is 2.38. The lowest BCUT2D eigenvalue weighted by Gasteiger charge is -2.06. The number of nitrogens with one attached hydrogen (secondary N) is 1. The van der Waals surface area contributed by atoms with Gasteiger partial charge in [0.05, 0.1) is 17.3 Å². The number of benzene rings is 1. The van der Waals surface area contributed by atoms with Crippen LogP contribution in [0.3, 0.4) is 0 Å². The predicted octanol–water partition coefficient (Wildman–Crippen LogP) is 3.58. The fraction of sp³-hybridized carbons (Fsp3) is 0.143. The number of carbonyl (C=O) groups excluding carboxylic acids is 1. The van der Waals surface area contributed by atoms with Crippen molar-refractivity contribution in [2.24, 2.45) is 0 Å². The zero-order chi connectivity index (χ0) is 13.8. The van der Waals surface area contributed by atoms with Crippen LogP contribution in [0.5, 0.6) is 0 Å². The maximum absolute atomic E-state index is 12.0. The van der Waals surface area contributed by atoms with E-state index in [1.807, 2.05) is 25.1 Å². The van der Waals surface area contributed by atoms with E-state index < -0.39 is 0 Å². The van der Waals surface area contributed by atoms with Crippen LogP contribution < -0.4 is 5.32 Å². The van der Waals surface area contributed by atoms with E-state index in [4.69, 9.17) is 11.6 Å². The number of halogens is 2. The maximum Gasteiger partial charge on any atom is 0.251 e. The summed E-state index contributed by atoms with van der Waals surface area (Å²) in [6.07, 6.45) is 0. The summed E-state index contributed by atoms with van der Waals surface area (Å²) in [4.78, 5) is 16.3. The molecule has 19 heavy (non-hydrogen) atoms. The third kappa shape index (κ3) is 3.91. The molecule has 2 rings (SSSR count). The molecule has 2 aromatic rings. The minimum absolute atomic E-state index is 0.127. The van der Waals surface area contributed by atoms with Crippen LogP contribution in [0.25, 0.3) is 0 Å². The van der Waals surface area contributed by atoms with Gasteiger partial charge in [-0.2, -0.15) is 0 Å². The maximum atomic E-state index is 12.0. The lowest BCUT2D eigenvalue weighted by Crippen LogP contribution is -2.23. The number of carbonyl (C=O) groups is 1. The molecule has 0 saturated heterocycles. The third-order valence-electron chi connectivity index (χ3n) is 2.56. The van der Waals surface area contributed by atoms with Gasteiger partial charge < -0.3 is 5.32 Å². The third-order valence-corrected chi connectivity index (χ3v) is 4.10. The number of aryl methyl sites for hydroxylation is 1. The fourth-order valence-corrected chi connectivity index (χ4v) is 2.24. The van der Waals surface area contributed by atoms with Crippen LogP contribution in [0.1, 0.15) is 21.7 Å². The molecule has 5 heteroatoms. The van der Waals surface area contributed by atoms with Crippen LogP contribution >= 0.6 is 34.2 Å². The van der Waals surface area contributed by atoms with Crippen molar-refractivity contribution >= 4 is 40.1 Å². The quantitative estimate of drug-likeness (QED) is 0.819. The highest BCUT2D eigenvalue weighted by Crippen LogP contribution is 2.19. The number of amides is 1. The second-order valence-electron chi connectivity index (χ2n) is 4.08. The molecular weight excluding hydrogens is 375 g/mol. The Balaban J connectivity index is 2.03. The van der Waals surface area contributed by atoms with Gasteiger partial charge in [0.25, 0.3) is 5.91 Å². The van der Waals surface area contributed by atoms with Crippen LogP contribution in [-0.4, -0.2) is 10.9 Å². The molecule has 0 spiro atoms. The Morgan fingerprint density at radius 2 is 2.16 bits per heavy atom. The molecule has 0 aliphatic rings. The largest absolute Gasteiger partial charge is 0.346 e. The van der Waals surface area contributed by atoms with Gasteiger partial charge in [0.15, 0.2) is 0 Å². The number of pyridine rings is 1. The Hall–Kier alpha value is -1.14. The van der Waals surface area contributed by atoms with E-state index >= 15 is 0 Å². The molecule has 3 nitrogen and oxygen atoms in total. The molecule has 1 aromatic carbocycles. The molecule has 0 aliphatic heterocycles. The van der Waals surface area contributed by atoms with E-state index in [2.05, 4.69) is 32.9 Å². The minimum Gasteiger partial charge on any atom is -0.346 e. The normalized spacial score (nSPS) is 10.3. The molecule has 0 unspecified atom stereocenters. The fourth-order valence-electron chi connectivity index (χ4n) is 1.61. The molecule has 1 N–H and O–H groups in total. The standard InChI is InChI=1S/C14H12ClIN2O/c1-9-3-2-4-11(18-9)8-17-14(19)10-5-6-12(15)13(16)7-10/h2-7H,8H2,1H3,(H,17,19). The van der Waals surface area contributed by atoms with Crippen molar-refractivity contribution in [1.29, 1.82) is 0 Å². The van der Waals surface area contributed by atoms with Gasteiger partial charge in [-0.15, -0.1) is 0 Å². The van der Waals surface area contributed by atoms with Gasteiger partial charge >= 0.3 is 0 Å². The number of rotatable bonds is 3. The molecule has 0 saturated carbocycles. The average Bonchev–Trinajstić information content (AvgIpc) is 2.39. The molecule has 0 radical (unpaired) electrons. The van der Waals surface area contributed by atoms with Gasteiger partial charge in [-0.1, -0.05) is 17.7 Å². The molecule has 0 atom stereocenters. The van der Waals surface area contributed by atoms with Gasteiger partial charge in [0, 0.05) is 14.8 Å². The second kappa shape index (κ2) is 6.34. The number of hydrogen-bond acceptors (Lipinski definition) is 2. The first kappa shape index (κ1) is 14.3. The SMILES string of the molecule is Cc1cccc(CNC(=O)c2ccc(Cl)c(I)c2)n1. The van der Waals surface area contributed by atoms with Crippen molar-refractivity contribution in [1.82, 2.24) is 10.3 Å². The first-order valence-corrected chi connectivity index (χ1v) is 7.18. The topological polar surface area (TPSA) is 42.0 Å². The highest BCUT2D eigenvalue weighted by atomic mass is 127. The zero-order valence-electron chi connectivity index (χ0n) is 10.3. The lowest BCUT2D eigenvalue weighted by molar-refractivity contribution is 0.0950. The molecule has 1 aromatic heterocycles. The first-order valence-electron chi connectivity index (χ1n) is 5.72. The molecule has 1 heterocycles. The Kier molecular flexibility index (Phi) is 4.76.